The molecule has 128 valence electrons. The van der Waals surface area contributed by atoms with Crippen LogP contribution in [-0.2, 0) is 9.47 Å². The molecule has 0 amide bonds. The largest absolute Gasteiger partial charge is 0.387 e. The van der Waals surface area contributed by atoms with Crippen LogP contribution in [0.2, 0.25) is 0 Å². The average Bonchev–Trinajstić information content (AvgIpc) is 2.63. The minimum absolute atomic E-state index is 0.307. The van der Waals surface area contributed by atoms with Gasteiger partial charge in [0.2, 0.25) is 0 Å². The number of aliphatic hydroxyl groups is 1. The summed E-state index contributed by atoms with van der Waals surface area (Å²) in [4.78, 5) is 2.34. The molecule has 2 aliphatic heterocycles. The number of hydrogen-bond donors (Lipinski definition) is 1. The molecule has 1 aromatic rings. The summed E-state index contributed by atoms with van der Waals surface area (Å²) in [7, 11) is 0. The van der Waals surface area contributed by atoms with Crippen molar-refractivity contribution in [2.45, 2.75) is 50.4 Å². The van der Waals surface area contributed by atoms with Gasteiger partial charge in [0.15, 0.2) is 0 Å². The molecular formula is C19H29NO3. The van der Waals surface area contributed by atoms with Gasteiger partial charge in [-0.05, 0) is 37.7 Å². The van der Waals surface area contributed by atoms with Gasteiger partial charge in [0, 0.05) is 26.2 Å². The van der Waals surface area contributed by atoms with Crippen molar-refractivity contribution in [1.82, 2.24) is 4.90 Å². The third-order valence-corrected chi connectivity index (χ3v) is 4.94. The maximum absolute atomic E-state index is 10.3. The summed E-state index contributed by atoms with van der Waals surface area (Å²) < 4.78 is 11.8. The molecule has 0 aromatic heterocycles. The molecule has 2 fully saturated rings. The van der Waals surface area contributed by atoms with Gasteiger partial charge in [-0.3, -0.25) is 0 Å². The van der Waals surface area contributed by atoms with Crippen molar-refractivity contribution in [3.05, 3.63) is 35.9 Å². The second kappa shape index (κ2) is 8.78. The van der Waals surface area contributed by atoms with E-state index in [1.807, 2.05) is 30.3 Å². The monoisotopic (exact) mass is 319 g/mol. The molecule has 3 rings (SSSR count). The molecule has 0 spiro atoms. The van der Waals surface area contributed by atoms with Crippen LogP contribution in [0.3, 0.4) is 0 Å². The molecule has 4 nitrogen and oxygen atoms in total. The molecule has 2 heterocycles. The lowest BCUT2D eigenvalue weighted by atomic mass is 10.0. The van der Waals surface area contributed by atoms with E-state index in [0.29, 0.717) is 18.8 Å². The fourth-order valence-corrected chi connectivity index (χ4v) is 3.47. The highest BCUT2D eigenvalue weighted by molar-refractivity contribution is 5.17. The first kappa shape index (κ1) is 16.9. The number of piperidine rings is 1. The molecule has 0 saturated carbocycles. The molecule has 0 aliphatic carbocycles. The molecule has 4 heteroatoms. The van der Waals surface area contributed by atoms with E-state index in [9.17, 15) is 5.11 Å². The summed E-state index contributed by atoms with van der Waals surface area (Å²) in [6.45, 7) is 4.35. The normalized spacial score (nSPS) is 25.3. The molecule has 2 saturated heterocycles. The fraction of sp³-hybridized carbons (Fsp3) is 0.684. The predicted molar refractivity (Wildman–Crippen MR) is 90.4 cm³/mol. The number of aliphatic hydroxyl groups excluding tert-OH is 1. The summed E-state index contributed by atoms with van der Waals surface area (Å²) in [5, 5.41) is 10.3. The second-order valence-electron chi connectivity index (χ2n) is 6.75. The molecule has 1 N–H and O–H groups in total. The summed E-state index contributed by atoms with van der Waals surface area (Å²) in [6, 6.07) is 9.92. The minimum Gasteiger partial charge on any atom is -0.387 e. The minimum atomic E-state index is -0.399. The summed E-state index contributed by atoms with van der Waals surface area (Å²) >= 11 is 0. The van der Waals surface area contributed by atoms with Gasteiger partial charge >= 0.3 is 0 Å². The number of ether oxygens (including phenoxy) is 2. The highest BCUT2D eigenvalue weighted by Crippen LogP contribution is 2.20. The van der Waals surface area contributed by atoms with E-state index in [-0.39, 0.29) is 0 Å². The van der Waals surface area contributed by atoms with E-state index < -0.39 is 6.10 Å². The molecule has 0 bridgehead atoms. The Bertz CT molecular complexity index is 439. The second-order valence-corrected chi connectivity index (χ2v) is 6.75. The van der Waals surface area contributed by atoms with Crippen LogP contribution in [0.25, 0.3) is 0 Å². The molecule has 0 radical (unpaired) electrons. The van der Waals surface area contributed by atoms with Crippen molar-refractivity contribution >= 4 is 0 Å². The summed E-state index contributed by atoms with van der Waals surface area (Å²) in [5.74, 6) is 0. The van der Waals surface area contributed by atoms with Crippen molar-refractivity contribution in [1.29, 1.82) is 0 Å². The Morgan fingerprint density at radius 3 is 2.61 bits per heavy atom. The van der Waals surface area contributed by atoms with Gasteiger partial charge in [-0.2, -0.15) is 0 Å². The third-order valence-electron chi connectivity index (χ3n) is 4.94. The van der Waals surface area contributed by atoms with Crippen LogP contribution in [0.5, 0.6) is 0 Å². The third kappa shape index (κ3) is 5.28. The van der Waals surface area contributed by atoms with E-state index in [1.54, 1.807) is 0 Å². The number of benzene rings is 1. The van der Waals surface area contributed by atoms with E-state index in [4.69, 9.17) is 9.47 Å². The van der Waals surface area contributed by atoms with Crippen molar-refractivity contribution in [2.24, 2.45) is 0 Å². The maximum Gasteiger partial charge on any atom is 0.0916 e. The lowest BCUT2D eigenvalue weighted by molar-refractivity contribution is -0.0764. The Morgan fingerprint density at radius 1 is 1.13 bits per heavy atom. The zero-order valence-corrected chi connectivity index (χ0v) is 13.9. The van der Waals surface area contributed by atoms with E-state index in [2.05, 4.69) is 4.90 Å². The number of β-amino-alcohol motifs (C(OH)–C–C–N with tert-alkyl or cyclic N) is 1. The van der Waals surface area contributed by atoms with Gasteiger partial charge in [0.05, 0.1) is 24.9 Å². The van der Waals surface area contributed by atoms with Crippen molar-refractivity contribution in [3.8, 4) is 0 Å². The molecule has 1 aromatic carbocycles. The lowest BCUT2D eigenvalue weighted by Gasteiger charge is -2.34. The quantitative estimate of drug-likeness (QED) is 0.875. The average molecular weight is 319 g/mol. The number of hydrogen-bond acceptors (Lipinski definition) is 4. The standard InChI is InChI=1S/C19H29NO3/c21-19(16-6-2-1-3-7-16)14-20-11-9-17(10-12-20)23-15-18-8-4-5-13-22-18/h1-3,6-7,17-19,21H,4-5,8-15H2/t18-,19-/m1/s1. The first-order valence-corrected chi connectivity index (χ1v) is 9.00. The fourth-order valence-electron chi connectivity index (χ4n) is 3.47. The van der Waals surface area contributed by atoms with Crippen LogP contribution >= 0.6 is 0 Å². The van der Waals surface area contributed by atoms with Gasteiger partial charge < -0.3 is 19.5 Å². The van der Waals surface area contributed by atoms with Crippen LogP contribution in [-0.4, -0.2) is 55.1 Å². The molecule has 2 aliphatic rings. The first-order valence-electron chi connectivity index (χ1n) is 9.00. The van der Waals surface area contributed by atoms with Crippen molar-refractivity contribution in [2.75, 3.05) is 32.8 Å². The topological polar surface area (TPSA) is 41.9 Å². The van der Waals surface area contributed by atoms with Gasteiger partial charge in [-0.15, -0.1) is 0 Å². The zero-order valence-electron chi connectivity index (χ0n) is 13.9. The smallest absolute Gasteiger partial charge is 0.0916 e. The summed E-state index contributed by atoms with van der Waals surface area (Å²) in [5.41, 5.74) is 1.00. The Hall–Kier alpha value is -0.940. The number of rotatable bonds is 6. The van der Waals surface area contributed by atoms with Crippen LogP contribution in [0.15, 0.2) is 30.3 Å². The van der Waals surface area contributed by atoms with Crippen LogP contribution in [0.1, 0.15) is 43.8 Å². The maximum atomic E-state index is 10.3. The zero-order chi connectivity index (χ0) is 15.9. The lowest BCUT2D eigenvalue weighted by Crippen LogP contribution is -2.40. The van der Waals surface area contributed by atoms with Gasteiger partial charge in [-0.25, -0.2) is 0 Å². The summed E-state index contributed by atoms with van der Waals surface area (Å²) in [6.07, 6.45) is 5.96. The number of nitrogens with zero attached hydrogens (tertiary/aromatic N) is 1. The van der Waals surface area contributed by atoms with Crippen molar-refractivity contribution in [3.63, 3.8) is 0 Å². The van der Waals surface area contributed by atoms with Gasteiger partial charge in [0.1, 0.15) is 0 Å². The number of likely N-dealkylation sites (tertiary alicyclic amines) is 1. The van der Waals surface area contributed by atoms with E-state index in [0.717, 1.165) is 51.1 Å². The molecule has 23 heavy (non-hydrogen) atoms. The highest BCUT2D eigenvalue weighted by Gasteiger charge is 2.23. The molecule has 2 atom stereocenters. The Morgan fingerprint density at radius 2 is 1.91 bits per heavy atom. The highest BCUT2D eigenvalue weighted by atomic mass is 16.5. The Labute approximate surface area is 139 Å². The van der Waals surface area contributed by atoms with Gasteiger partial charge in [-0.1, -0.05) is 30.3 Å². The Kier molecular flexibility index (Phi) is 6.46. The van der Waals surface area contributed by atoms with Crippen LogP contribution in [0.4, 0.5) is 0 Å². The van der Waals surface area contributed by atoms with Crippen LogP contribution in [0, 0.1) is 0 Å². The van der Waals surface area contributed by atoms with E-state index >= 15 is 0 Å². The molecular weight excluding hydrogens is 290 g/mol. The van der Waals surface area contributed by atoms with Gasteiger partial charge in [0.25, 0.3) is 0 Å². The predicted octanol–water partition coefficient (Wildman–Crippen LogP) is 2.77. The first-order chi connectivity index (χ1) is 11.3. The SMILES string of the molecule is O[C@H](CN1CCC(OC[C@H]2CCCCO2)CC1)c1ccccc1. The van der Waals surface area contributed by atoms with Crippen LogP contribution < -0.4 is 0 Å². The van der Waals surface area contributed by atoms with E-state index in [1.165, 1.54) is 12.8 Å². The molecule has 0 unspecified atom stereocenters. The van der Waals surface area contributed by atoms with Crippen molar-refractivity contribution < 1.29 is 14.6 Å². The Balaban J connectivity index is 1.35.